The second-order valence-corrected chi connectivity index (χ2v) is 4.62. The molecule has 6 nitrogen and oxygen atoms in total. The Bertz CT molecular complexity index is 581. The fourth-order valence-corrected chi connectivity index (χ4v) is 2.39. The molecule has 0 spiro atoms. The minimum atomic E-state index is -0.337. The summed E-state index contributed by atoms with van der Waals surface area (Å²) < 4.78 is 12.3. The van der Waals surface area contributed by atoms with E-state index in [1.54, 1.807) is 31.2 Å². The molecular weight excluding hydrogens is 280 g/mol. The third-order valence-corrected chi connectivity index (χ3v) is 3.42. The molecule has 1 atom stereocenters. The molecule has 2 aromatic rings. The number of hydrogen-bond donors (Lipinski definition) is 2. The van der Waals surface area contributed by atoms with Crippen LogP contribution in [0.15, 0.2) is 24.4 Å². The van der Waals surface area contributed by atoms with Gasteiger partial charge < -0.3 is 9.47 Å². The highest BCUT2D eigenvalue weighted by atomic mass is 35.5. The molecular formula is C13H17ClN4O2. The number of methoxy groups -OCH3 is 2. The maximum Gasteiger partial charge on any atom is 0.127 e. The molecule has 108 valence electrons. The van der Waals surface area contributed by atoms with E-state index in [0.29, 0.717) is 16.5 Å². The number of ether oxygens (including phenoxy) is 2. The van der Waals surface area contributed by atoms with Crippen LogP contribution in [0.4, 0.5) is 0 Å². The van der Waals surface area contributed by atoms with Crippen molar-refractivity contribution in [3.05, 3.63) is 40.7 Å². The average Bonchev–Trinajstić information content (AvgIpc) is 2.80. The van der Waals surface area contributed by atoms with Gasteiger partial charge in [0.25, 0.3) is 0 Å². The molecule has 1 aromatic carbocycles. The van der Waals surface area contributed by atoms with Crippen LogP contribution in [0.3, 0.4) is 0 Å². The van der Waals surface area contributed by atoms with Crippen LogP contribution in [-0.4, -0.2) is 24.0 Å². The average molecular weight is 297 g/mol. The van der Waals surface area contributed by atoms with Crippen molar-refractivity contribution in [2.24, 2.45) is 12.9 Å². The van der Waals surface area contributed by atoms with Crippen molar-refractivity contribution in [1.82, 2.24) is 15.2 Å². The number of aromatic nitrogens is 2. The molecule has 20 heavy (non-hydrogen) atoms. The Hall–Kier alpha value is -1.76. The second kappa shape index (κ2) is 6.13. The topological polar surface area (TPSA) is 74.3 Å². The van der Waals surface area contributed by atoms with Crippen LogP contribution >= 0.6 is 11.6 Å². The van der Waals surface area contributed by atoms with Crippen LogP contribution in [0.25, 0.3) is 0 Å². The van der Waals surface area contributed by atoms with E-state index < -0.39 is 0 Å². The highest BCUT2D eigenvalue weighted by Crippen LogP contribution is 2.34. The van der Waals surface area contributed by atoms with Gasteiger partial charge in [0.1, 0.15) is 11.5 Å². The van der Waals surface area contributed by atoms with Crippen molar-refractivity contribution in [2.45, 2.75) is 6.04 Å². The summed E-state index contributed by atoms with van der Waals surface area (Å²) in [5.74, 6) is 7.05. The zero-order valence-electron chi connectivity index (χ0n) is 11.6. The van der Waals surface area contributed by atoms with E-state index in [-0.39, 0.29) is 6.04 Å². The molecule has 0 radical (unpaired) electrons. The van der Waals surface area contributed by atoms with Crippen molar-refractivity contribution < 1.29 is 9.47 Å². The number of hydrogen-bond acceptors (Lipinski definition) is 5. The Balaban J connectivity index is 2.52. The Morgan fingerprint density at radius 3 is 2.60 bits per heavy atom. The normalized spacial score (nSPS) is 12.2. The summed E-state index contributed by atoms with van der Waals surface area (Å²) in [6.07, 6.45) is 1.58. The van der Waals surface area contributed by atoms with Gasteiger partial charge in [-0.1, -0.05) is 11.6 Å². The van der Waals surface area contributed by atoms with E-state index in [9.17, 15) is 0 Å². The quantitative estimate of drug-likeness (QED) is 0.648. The van der Waals surface area contributed by atoms with Crippen molar-refractivity contribution in [3.63, 3.8) is 0 Å². The number of rotatable bonds is 5. The lowest BCUT2D eigenvalue weighted by Crippen LogP contribution is -2.31. The van der Waals surface area contributed by atoms with Gasteiger partial charge in [-0.15, -0.1) is 0 Å². The van der Waals surface area contributed by atoms with Gasteiger partial charge in [0.2, 0.25) is 0 Å². The molecule has 1 heterocycles. The van der Waals surface area contributed by atoms with Crippen LogP contribution in [0.1, 0.15) is 17.3 Å². The number of nitrogens with one attached hydrogen (secondary N) is 1. The Labute approximate surface area is 122 Å². The second-order valence-electron chi connectivity index (χ2n) is 4.21. The molecule has 0 aliphatic carbocycles. The highest BCUT2D eigenvalue weighted by Gasteiger charge is 2.23. The number of halogens is 1. The summed E-state index contributed by atoms with van der Waals surface area (Å²) >= 11 is 6.18. The van der Waals surface area contributed by atoms with E-state index in [1.165, 1.54) is 0 Å². The van der Waals surface area contributed by atoms with Gasteiger partial charge >= 0.3 is 0 Å². The van der Waals surface area contributed by atoms with Crippen LogP contribution in [0.2, 0.25) is 5.02 Å². The number of benzene rings is 1. The van der Waals surface area contributed by atoms with Crippen molar-refractivity contribution in [1.29, 1.82) is 0 Å². The fourth-order valence-electron chi connectivity index (χ4n) is 2.12. The molecule has 3 N–H and O–H groups in total. The van der Waals surface area contributed by atoms with E-state index in [0.717, 1.165) is 11.3 Å². The summed E-state index contributed by atoms with van der Waals surface area (Å²) in [7, 11) is 5.00. The molecule has 0 aliphatic rings. The summed E-state index contributed by atoms with van der Waals surface area (Å²) in [6, 6.07) is 5.18. The minimum absolute atomic E-state index is 0.337. The first kappa shape index (κ1) is 14.6. The minimum Gasteiger partial charge on any atom is -0.497 e. The van der Waals surface area contributed by atoms with Gasteiger partial charge in [0.15, 0.2) is 0 Å². The first-order chi connectivity index (χ1) is 9.62. The smallest absolute Gasteiger partial charge is 0.127 e. The number of nitrogens with two attached hydrogens (primary N) is 1. The molecule has 0 bridgehead atoms. The largest absolute Gasteiger partial charge is 0.497 e. The molecule has 0 fully saturated rings. The molecule has 1 unspecified atom stereocenters. The number of hydrazine groups is 1. The van der Waals surface area contributed by atoms with E-state index >= 15 is 0 Å². The van der Waals surface area contributed by atoms with E-state index in [2.05, 4.69) is 10.5 Å². The van der Waals surface area contributed by atoms with Crippen molar-refractivity contribution in [2.75, 3.05) is 14.2 Å². The first-order valence-electron chi connectivity index (χ1n) is 5.97. The summed E-state index contributed by atoms with van der Waals surface area (Å²) in [5.41, 5.74) is 4.36. The zero-order valence-corrected chi connectivity index (χ0v) is 12.3. The summed E-state index contributed by atoms with van der Waals surface area (Å²) in [4.78, 5) is 0. The van der Waals surface area contributed by atoms with Gasteiger partial charge in [0, 0.05) is 18.7 Å². The van der Waals surface area contributed by atoms with Crippen LogP contribution in [-0.2, 0) is 7.05 Å². The standard InChI is InChI=1S/C13H17ClN4O2/c1-18-13(10(14)7-16-18)12(17-15)9-5-4-8(19-2)6-11(9)20-3/h4-7,12,17H,15H2,1-3H3. The van der Waals surface area contributed by atoms with E-state index in [1.807, 2.05) is 19.2 Å². The molecule has 0 amide bonds. The SMILES string of the molecule is COc1ccc(C(NN)c2c(Cl)cnn2C)c(OC)c1. The third kappa shape index (κ3) is 2.58. The van der Waals surface area contributed by atoms with Crippen LogP contribution in [0, 0.1) is 0 Å². The predicted molar refractivity (Wildman–Crippen MR) is 76.9 cm³/mol. The Morgan fingerprint density at radius 2 is 2.10 bits per heavy atom. The van der Waals surface area contributed by atoms with Crippen molar-refractivity contribution >= 4 is 11.6 Å². The third-order valence-electron chi connectivity index (χ3n) is 3.13. The molecule has 1 aromatic heterocycles. The monoisotopic (exact) mass is 296 g/mol. The van der Waals surface area contributed by atoms with Crippen molar-refractivity contribution in [3.8, 4) is 11.5 Å². The fraction of sp³-hybridized carbons (Fsp3) is 0.308. The lowest BCUT2D eigenvalue weighted by atomic mass is 10.0. The lowest BCUT2D eigenvalue weighted by molar-refractivity contribution is 0.386. The highest BCUT2D eigenvalue weighted by molar-refractivity contribution is 6.31. The first-order valence-corrected chi connectivity index (χ1v) is 6.35. The van der Waals surface area contributed by atoms with Gasteiger partial charge in [-0.3, -0.25) is 10.5 Å². The summed E-state index contributed by atoms with van der Waals surface area (Å²) in [6.45, 7) is 0. The maximum absolute atomic E-state index is 6.18. The van der Waals surface area contributed by atoms with Crippen LogP contribution < -0.4 is 20.7 Å². The Kier molecular flexibility index (Phi) is 4.49. The maximum atomic E-state index is 6.18. The lowest BCUT2D eigenvalue weighted by Gasteiger charge is -2.20. The van der Waals surface area contributed by atoms with Gasteiger partial charge in [-0.25, -0.2) is 5.43 Å². The molecule has 0 saturated carbocycles. The molecule has 0 saturated heterocycles. The van der Waals surface area contributed by atoms with E-state index in [4.69, 9.17) is 26.9 Å². The van der Waals surface area contributed by atoms with Crippen LogP contribution in [0.5, 0.6) is 11.5 Å². The number of nitrogens with zero attached hydrogens (tertiary/aromatic N) is 2. The predicted octanol–water partition coefficient (Wildman–Crippen LogP) is 1.64. The van der Waals surface area contributed by atoms with Gasteiger partial charge in [-0.05, 0) is 12.1 Å². The molecule has 7 heteroatoms. The molecule has 2 rings (SSSR count). The van der Waals surface area contributed by atoms with Gasteiger partial charge in [0.05, 0.1) is 37.2 Å². The van der Waals surface area contributed by atoms with Gasteiger partial charge in [-0.2, -0.15) is 5.10 Å². The number of aryl methyl sites for hydroxylation is 1. The molecule has 0 aliphatic heterocycles. The summed E-state index contributed by atoms with van der Waals surface area (Å²) in [5, 5.41) is 4.66. The Morgan fingerprint density at radius 1 is 1.35 bits per heavy atom. The zero-order chi connectivity index (χ0) is 14.7.